The Morgan fingerprint density at radius 1 is 1.26 bits per heavy atom. The predicted octanol–water partition coefficient (Wildman–Crippen LogP) is 2.62. The van der Waals surface area contributed by atoms with Crippen LogP contribution in [0.1, 0.15) is 47.0 Å². The Labute approximate surface area is 139 Å². The van der Waals surface area contributed by atoms with Gasteiger partial charge < -0.3 is 24.8 Å². The van der Waals surface area contributed by atoms with Gasteiger partial charge in [0.15, 0.2) is 0 Å². The summed E-state index contributed by atoms with van der Waals surface area (Å²) in [5.74, 6) is 0. The predicted molar refractivity (Wildman–Crippen MR) is 91.5 cm³/mol. The molecule has 3 rings (SSSR count). The highest BCUT2D eigenvalue weighted by Crippen LogP contribution is 2.39. The van der Waals surface area contributed by atoms with Gasteiger partial charge in [-0.1, -0.05) is 6.08 Å². The summed E-state index contributed by atoms with van der Waals surface area (Å²) in [5, 5.41) is 11.0. The molecule has 2 heterocycles. The topological polar surface area (TPSA) is 63.6 Å². The maximum Gasteiger partial charge on any atom is 0.490 e. The van der Waals surface area contributed by atoms with Crippen molar-refractivity contribution in [2.75, 3.05) is 6.61 Å². The first-order valence-electron chi connectivity index (χ1n) is 8.47. The van der Waals surface area contributed by atoms with Crippen molar-refractivity contribution in [2.24, 2.45) is 0 Å². The molecule has 5 nitrogen and oxygen atoms in total. The van der Waals surface area contributed by atoms with Crippen molar-refractivity contribution in [1.29, 1.82) is 5.41 Å². The molecule has 0 radical (unpaired) electrons. The van der Waals surface area contributed by atoms with Gasteiger partial charge >= 0.3 is 7.12 Å². The summed E-state index contributed by atoms with van der Waals surface area (Å²) in [6.45, 7) is 8.87. The van der Waals surface area contributed by atoms with Gasteiger partial charge in [0.25, 0.3) is 0 Å². The van der Waals surface area contributed by atoms with E-state index in [2.05, 4.69) is 39.1 Å². The Morgan fingerprint density at radius 2 is 1.91 bits per heavy atom. The van der Waals surface area contributed by atoms with E-state index >= 15 is 0 Å². The third-order valence-corrected chi connectivity index (χ3v) is 5.17. The van der Waals surface area contributed by atoms with Gasteiger partial charge in [0.05, 0.1) is 17.8 Å². The van der Waals surface area contributed by atoms with Gasteiger partial charge in [0, 0.05) is 24.0 Å². The lowest BCUT2D eigenvalue weighted by molar-refractivity contribution is 0.00578. The normalized spacial score (nSPS) is 30.1. The summed E-state index contributed by atoms with van der Waals surface area (Å²) < 4.78 is 18.1. The summed E-state index contributed by atoms with van der Waals surface area (Å²) in [6, 6.07) is 0.570. The summed E-state index contributed by atoms with van der Waals surface area (Å²) in [7, 11) is -0.324. The highest BCUT2D eigenvalue weighted by atomic mass is 16.7. The van der Waals surface area contributed by atoms with E-state index in [4.69, 9.17) is 19.5 Å². The Hall–Kier alpha value is -1.11. The van der Waals surface area contributed by atoms with Crippen LogP contribution < -0.4 is 5.32 Å². The Morgan fingerprint density at radius 3 is 2.48 bits per heavy atom. The molecule has 0 amide bonds. The number of rotatable bonds is 5. The molecule has 1 aliphatic carbocycles. The third-order valence-electron chi connectivity index (χ3n) is 5.17. The average molecular weight is 318 g/mol. The fourth-order valence-electron chi connectivity index (χ4n) is 2.68. The molecule has 23 heavy (non-hydrogen) atoms. The van der Waals surface area contributed by atoms with Crippen molar-refractivity contribution in [3.63, 3.8) is 0 Å². The molecule has 1 atom stereocenters. The van der Waals surface area contributed by atoms with E-state index in [1.165, 1.54) is 19.1 Å². The van der Waals surface area contributed by atoms with Gasteiger partial charge in [-0.05, 0) is 52.4 Å². The maximum absolute atomic E-state index is 7.66. The fraction of sp³-hybridized carbons (Fsp3) is 0.706. The maximum atomic E-state index is 7.66. The molecule has 0 aromatic carbocycles. The summed E-state index contributed by atoms with van der Waals surface area (Å²) in [5.41, 5.74) is 1.28. The average Bonchev–Trinajstić information content (AvgIpc) is 3.27. The third kappa shape index (κ3) is 3.54. The molecule has 0 unspecified atom stereocenters. The first-order chi connectivity index (χ1) is 10.8. The second kappa shape index (κ2) is 6.08. The van der Waals surface area contributed by atoms with Crippen LogP contribution in [-0.4, -0.2) is 43.3 Å². The highest BCUT2D eigenvalue weighted by Gasteiger charge is 2.52. The molecule has 0 aromatic rings. The van der Waals surface area contributed by atoms with Crippen molar-refractivity contribution in [1.82, 2.24) is 5.32 Å². The smallest absolute Gasteiger partial charge is 0.400 e. The van der Waals surface area contributed by atoms with Crippen molar-refractivity contribution in [3.05, 3.63) is 23.3 Å². The zero-order chi connectivity index (χ0) is 16.7. The Kier molecular flexibility index (Phi) is 4.42. The van der Waals surface area contributed by atoms with E-state index in [-0.39, 0.29) is 24.4 Å². The standard InChI is InChI=1S/C17H27BN2O3/c1-16(2)17(3,4)23-18(22-16)13-7-8-21-15(9-13)12(10-19)11-20-14-5-6-14/h9-11,14-15,19-20H,5-8H2,1-4H3/b12-11+,19-10?/t15-/m1/s1. The van der Waals surface area contributed by atoms with Crippen molar-refractivity contribution >= 4 is 13.3 Å². The second-order valence-electron chi connectivity index (χ2n) is 7.60. The molecule has 1 saturated heterocycles. The SMILES string of the molecule is CC1(C)OB(C2=C[C@H](/C(C=N)=C/NC3CC3)OCC2)OC1(C)C. The van der Waals surface area contributed by atoms with Crippen molar-refractivity contribution in [3.8, 4) is 0 Å². The van der Waals surface area contributed by atoms with Crippen molar-refractivity contribution in [2.45, 2.75) is 70.3 Å². The minimum Gasteiger partial charge on any atom is -0.400 e. The van der Waals surface area contributed by atoms with Crippen LogP contribution in [0.3, 0.4) is 0 Å². The molecule has 2 N–H and O–H groups in total. The van der Waals surface area contributed by atoms with Crippen LogP contribution in [0.4, 0.5) is 0 Å². The molecule has 3 aliphatic rings. The Bertz CT molecular complexity index is 522. The molecule has 6 heteroatoms. The molecule has 0 spiro atoms. The van der Waals surface area contributed by atoms with Crippen LogP contribution >= 0.6 is 0 Å². The van der Waals surface area contributed by atoms with E-state index in [0.717, 1.165) is 17.5 Å². The van der Waals surface area contributed by atoms with Gasteiger partial charge in [-0.25, -0.2) is 0 Å². The summed E-state index contributed by atoms with van der Waals surface area (Å²) >= 11 is 0. The van der Waals surface area contributed by atoms with Crippen LogP contribution in [0, 0.1) is 5.41 Å². The van der Waals surface area contributed by atoms with E-state index in [1.807, 2.05) is 6.20 Å². The number of nitrogens with one attached hydrogen (secondary N) is 2. The quantitative estimate of drug-likeness (QED) is 0.604. The number of hydrogen-bond acceptors (Lipinski definition) is 5. The first kappa shape index (κ1) is 16.7. The summed E-state index contributed by atoms with van der Waals surface area (Å²) in [6.07, 6.45) is 8.35. The van der Waals surface area contributed by atoms with Gasteiger partial charge in [0.1, 0.15) is 6.10 Å². The minimum atomic E-state index is -0.333. The zero-order valence-electron chi connectivity index (χ0n) is 14.5. The molecule has 2 fully saturated rings. The highest BCUT2D eigenvalue weighted by molar-refractivity contribution is 6.54. The molecule has 2 aliphatic heterocycles. The molecule has 126 valence electrons. The molecule has 0 aromatic heterocycles. The van der Waals surface area contributed by atoms with Crippen LogP contribution in [0.15, 0.2) is 23.3 Å². The van der Waals surface area contributed by atoms with Crippen LogP contribution in [0.25, 0.3) is 0 Å². The van der Waals surface area contributed by atoms with E-state index in [0.29, 0.717) is 12.6 Å². The zero-order valence-corrected chi connectivity index (χ0v) is 14.5. The summed E-state index contributed by atoms with van der Waals surface area (Å²) in [4.78, 5) is 0. The van der Waals surface area contributed by atoms with Crippen LogP contribution in [-0.2, 0) is 14.0 Å². The minimum absolute atomic E-state index is 0.207. The first-order valence-corrected chi connectivity index (χ1v) is 8.47. The largest absolute Gasteiger partial charge is 0.490 e. The molecule has 1 saturated carbocycles. The lowest BCUT2D eigenvalue weighted by Crippen LogP contribution is -2.41. The van der Waals surface area contributed by atoms with Crippen LogP contribution in [0.5, 0.6) is 0 Å². The van der Waals surface area contributed by atoms with Gasteiger partial charge in [0.2, 0.25) is 0 Å². The van der Waals surface area contributed by atoms with E-state index in [1.54, 1.807) is 0 Å². The fourth-order valence-corrected chi connectivity index (χ4v) is 2.68. The molecular formula is C17H27BN2O3. The van der Waals surface area contributed by atoms with Crippen molar-refractivity contribution < 1.29 is 14.0 Å². The van der Waals surface area contributed by atoms with E-state index < -0.39 is 0 Å². The Balaban J connectivity index is 1.74. The van der Waals surface area contributed by atoms with Crippen LogP contribution in [0.2, 0.25) is 0 Å². The molecule has 0 bridgehead atoms. The molecular weight excluding hydrogens is 291 g/mol. The van der Waals surface area contributed by atoms with Gasteiger partial charge in [-0.15, -0.1) is 0 Å². The monoisotopic (exact) mass is 318 g/mol. The van der Waals surface area contributed by atoms with Gasteiger partial charge in [-0.2, -0.15) is 0 Å². The number of ether oxygens (including phenoxy) is 1. The lowest BCUT2D eigenvalue weighted by atomic mass is 9.74. The lowest BCUT2D eigenvalue weighted by Gasteiger charge is -2.32. The van der Waals surface area contributed by atoms with E-state index in [9.17, 15) is 0 Å². The number of hydrogen-bond donors (Lipinski definition) is 2. The van der Waals surface area contributed by atoms with Gasteiger partial charge in [-0.3, -0.25) is 0 Å². The second-order valence-corrected chi connectivity index (χ2v) is 7.60.